The first-order valence-corrected chi connectivity index (χ1v) is 12.3. The van der Waals surface area contributed by atoms with Crippen molar-refractivity contribution in [1.29, 1.82) is 0 Å². The summed E-state index contributed by atoms with van der Waals surface area (Å²) in [6, 6.07) is -3.48. The molecule has 0 bridgehead atoms. The third kappa shape index (κ3) is 5.67. The van der Waals surface area contributed by atoms with Gasteiger partial charge in [0.15, 0.2) is 0 Å². The maximum atomic E-state index is 13.6. The molecule has 194 valence electrons. The Bertz CT molecular complexity index is 920. The van der Waals surface area contributed by atoms with Gasteiger partial charge in [-0.2, -0.15) is 0 Å². The Morgan fingerprint density at radius 3 is 2.29 bits per heavy atom. The molecule has 2 saturated carbocycles. The van der Waals surface area contributed by atoms with E-state index in [-0.39, 0.29) is 35.6 Å². The Balaban J connectivity index is 1.82. The second kappa shape index (κ2) is 9.62. The highest BCUT2D eigenvalue weighted by atomic mass is 16.2. The van der Waals surface area contributed by atoms with E-state index in [0.717, 1.165) is 12.8 Å². The van der Waals surface area contributed by atoms with Crippen LogP contribution < -0.4 is 21.7 Å². The van der Waals surface area contributed by atoms with E-state index in [1.54, 1.807) is 0 Å². The highest BCUT2D eigenvalue weighted by Crippen LogP contribution is 2.65. The first kappa shape index (κ1) is 26.7. The molecule has 0 aromatic carbocycles. The molecular formula is C25H39N5O5. The van der Waals surface area contributed by atoms with Crippen molar-refractivity contribution in [3.05, 3.63) is 12.7 Å². The lowest BCUT2D eigenvalue weighted by atomic mass is 9.85. The summed E-state index contributed by atoms with van der Waals surface area (Å²) in [4.78, 5) is 65.5. The van der Waals surface area contributed by atoms with Crippen LogP contribution in [0.15, 0.2) is 12.7 Å². The van der Waals surface area contributed by atoms with Crippen LogP contribution in [0.3, 0.4) is 0 Å². The number of nitrogens with zero attached hydrogens (tertiary/aromatic N) is 1. The van der Waals surface area contributed by atoms with Crippen LogP contribution in [0, 0.1) is 28.6 Å². The van der Waals surface area contributed by atoms with Crippen molar-refractivity contribution in [3.63, 3.8) is 0 Å². The van der Waals surface area contributed by atoms with E-state index in [1.807, 2.05) is 20.8 Å². The summed E-state index contributed by atoms with van der Waals surface area (Å²) in [6.07, 6.45) is 3.76. The average molecular weight is 490 g/mol. The van der Waals surface area contributed by atoms with Crippen molar-refractivity contribution >= 4 is 29.5 Å². The molecule has 0 aromatic heterocycles. The molecule has 1 saturated heterocycles. The smallest absolute Gasteiger partial charge is 0.312 e. The molecule has 10 nitrogen and oxygen atoms in total. The summed E-state index contributed by atoms with van der Waals surface area (Å²) in [7, 11) is 0. The molecule has 10 heteroatoms. The highest BCUT2D eigenvalue weighted by molar-refractivity contribution is 6.38. The van der Waals surface area contributed by atoms with Crippen LogP contribution in [0.2, 0.25) is 0 Å². The summed E-state index contributed by atoms with van der Waals surface area (Å²) >= 11 is 0. The van der Waals surface area contributed by atoms with Crippen LogP contribution in [0.25, 0.3) is 0 Å². The maximum Gasteiger partial charge on any atom is 0.312 e. The maximum absolute atomic E-state index is 13.6. The summed E-state index contributed by atoms with van der Waals surface area (Å²) in [5.41, 5.74) is 4.56. The lowest BCUT2D eigenvalue weighted by Gasteiger charge is -2.37. The van der Waals surface area contributed by atoms with Gasteiger partial charge >= 0.3 is 6.03 Å². The summed E-state index contributed by atoms with van der Waals surface area (Å²) < 4.78 is 0. The predicted molar refractivity (Wildman–Crippen MR) is 130 cm³/mol. The Morgan fingerprint density at radius 2 is 1.77 bits per heavy atom. The number of hydrogen-bond donors (Lipinski definition) is 4. The van der Waals surface area contributed by atoms with Gasteiger partial charge < -0.3 is 26.6 Å². The van der Waals surface area contributed by atoms with Gasteiger partial charge in [0, 0.05) is 13.1 Å². The minimum atomic E-state index is -0.958. The number of piperidine rings is 1. The van der Waals surface area contributed by atoms with E-state index < -0.39 is 47.2 Å². The molecular weight excluding hydrogens is 450 g/mol. The van der Waals surface area contributed by atoms with Gasteiger partial charge in [0.05, 0.1) is 6.04 Å². The topological polar surface area (TPSA) is 151 Å². The minimum absolute atomic E-state index is 0.0769. The molecule has 35 heavy (non-hydrogen) atoms. The normalized spacial score (nSPS) is 26.1. The molecule has 0 aromatic rings. The van der Waals surface area contributed by atoms with E-state index in [9.17, 15) is 24.0 Å². The Hall–Kier alpha value is -2.91. The zero-order valence-electron chi connectivity index (χ0n) is 21.3. The van der Waals surface area contributed by atoms with Crippen molar-refractivity contribution in [2.45, 2.75) is 72.0 Å². The van der Waals surface area contributed by atoms with Gasteiger partial charge in [-0.3, -0.25) is 19.2 Å². The fraction of sp³-hybridized carbons (Fsp3) is 0.720. The Labute approximate surface area is 206 Å². The fourth-order valence-electron chi connectivity index (χ4n) is 5.36. The molecule has 5 atom stereocenters. The van der Waals surface area contributed by atoms with E-state index in [1.165, 1.54) is 11.0 Å². The average Bonchev–Trinajstić information content (AvgIpc) is 3.60. The quantitative estimate of drug-likeness (QED) is 0.263. The van der Waals surface area contributed by atoms with Crippen LogP contribution >= 0.6 is 0 Å². The molecule has 5 amide bonds. The molecule has 3 rings (SSSR count). The molecule has 0 spiro atoms. The standard InChI is InChI=1S/C25H39N5O5/c1-7-10-27-21(33)18(31)15(11-13-8-9-13)28-20(32)17-16-14(25(16,5)6)12-30(17)22(34)19(24(2,3)4)29-23(26)35/h7,13-17,19H,1,8-12H2,2-6H3,(H,27,33)(H,28,32)(H3,26,29,35)/t14?,15?,16?,17-,19+/m0/s1. The first-order valence-electron chi connectivity index (χ1n) is 12.3. The summed E-state index contributed by atoms with van der Waals surface area (Å²) in [5.74, 6) is -1.95. The molecule has 3 fully saturated rings. The Morgan fingerprint density at radius 1 is 1.14 bits per heavy atom. The van der Waals surface area contributed by atoms with Crippen molar-refractivity contribution in [2.75, 3.05) is 13.1 Å². The third-order valence-corrected chi connectivity index (χ3v) is 7.69. The largest absolute Gasteiger partial charge is 0.352 e. The number of amides is 5. The second-order valence-corrected chi connectivity index (χ2v) is 11.8. The van der Waals surface area contributed by atoms with E-state index in [2.05, 4.69) is 36.4 Å². The summed E-state index contributed by atoms with van der Waals surface area (Å²) in [6.45, 7) is 13.6. The van der Waals surface area contributed by atoms with E-state index >= 15 is 0 Å². The first-order chi connectivity index (χ1) is 16.2. The number of rotatable bonds is 10. The molecule has 3 aliphatic rings. The zero-order valence-corrected chi connectivity index (χ0v) is 21.3. The van der Waals surface area contributed by atoms with Crippen molar-refractivity contribution in [3.8, 4) is 0 Å². The number of carbonyl (C=O) groups excluding carboxylic acids is 5. The van der Waals surface area contributed by atoms with Crippen LogP contribution in [-0.4, -0.2) is 65.7 Å². The number of ketones is 1. The van der Waals surface area contributed by atoms with Gasteiger partial charge in [0.1, 0.15) is 12.1 Å². The number of primary amides is 1. The number of nitrogens with one attached hydrogen (secondary N) is 3. The van der Waals surface area contributed by atoms with Crippen LogP contribution in [0.1, 0.15) is 53.9 Å². The van der Waals surface area contributed by atoms with Gasteiger partial charge in [-0.1, -0.05) is 53.5 Å². The fourth-order valence-corrected chi connectivity index (χ4v) is 5.36. The number of nitrogens with two attached hydrogens (primary N) is 1. The number of likely N-dealkylation sites (tertiary alicyclic amines) is 1. The highest BCUT2D eigenvalue weighted by Gasteiger charge is 2.69. The van der Waals surface area contributed by atoms with Gasteiger partial charge in [0.25, 0.3) is 5.91 Å². The van der Waals surface area contributed by atoms with Crippen LogP contribution in [0.4, 0.5) is 4.79 Å². The van der Waals surface area contributed by atoms with E-state index in [4.69, 9.17) is 5.73 Å². The van der Waals surface area contributed by atoms with Crippen LogP contribution in [-0.2, 0) is 19.2 Å². The monoisotopic (exact) mass is 489 g/mol. The molecule has 3 unspecified atom stereocenters. The van der Waals surface area contributed by atoms with Gasteiger partial charge in [-0.05, 0) is 35.0 Å². The molecule has 5 N–H and O–H groups in total. The van der Waals surface area contributed by atoms with Crippen molar-refractivity contribution < 1.29 is 24.0 Å². The number of urea groups is 1. The van der Waals surface area contributed by atoms with E-state index in [0.29, 0.717) is 13.0 Å². The number of Topliss-reactive ketones (excluding diaryl/α,β-unsaturated/α-hetero) is 1. The Kier molecular flexibility index (Phi) is 7.34. The number of hydrogen-bond acceptors (Lipinski definition) is 5. The molecule has 2 aliphatic carbocycles. The molecule has 0 radical (unpaired) electrons. The van der Waals surface area contributed by atoms with Crippen LogP contribution in [0.5, 0.6) is 0 Å². The van der Waals surface area contributed by atoms with Crippen molar-refractivity contribution in [2.24, 2.45) is 34.3 Å². The number of carbonyl (C=O) groups is 5. The second-order valence-electron chi connectivity index (χ2n) is 11.8. The van der Waals surface area contributed by atoms with Gasteiger partial charge in [0.2, 0.25) is 17.6 Å². The number of fused-ring (bicyclic) bond motifs is 1. The van der Waals surface area contributed by atoms with Crippen molar-refractivity contribution in [1.82, 2.24) is 20.9 Å². The van der Waals surface area contributed by atoms with Gasteiger partial charge in [-0.15, -0.1) is 6.58 Å². The minimum Gasteiger partial charge on any atom is -0.352 e. The third-order valence-electron chi connectivity index (χ3n) is 7.69. The lowest BCUT2D eigenvalue weighted by Crippen LogP contribution is -2.61. The molecule has 1 heterocycles. The molecule has 1 aliphatic heterocycles. The SMILES string of the molecule is C=CCNC(=O)C(=O)C(CC1CC1)NC(=O)[C@@H]1C2C(CN1C(=O)[C@@H](NC(N)=O)C(C)(C)C)C2(C)C. The van der Waals surface area contributed by atoms with Gasteiger partial charge in [-0.25, -0.2) is 4.79 Å². The lowest BCUT2D eigenvalue weighted by molar-refractivity contribution is -0.145. The zero-order chi connectivity index (χ0) is 26.3. The predicted octanol–water partition coefficient (Wildman–Crippen LogP) is 0.709. The summed E-state index contributed by atoms with van der Waals surface area (Å²) in [5, 5.41) is 7.82.